The van der Waals surface area contributed by atoms with Crippen molar-refractivity contribution in [2.24, 2.45) is 23.7 Å². The van der Waals surface area contributed by atoms with E-state index in [1.54, 1.807) is 0 Å². The molecule has 2 N–H and O–H groups in total. The summed E-state index contributed by atoms with van der Waals surface area (Å²) in [4.78, 5) is 2.62. The number of aryl methyl sites for hydroxylation is 2. The number of fused-ring (bicyclic) bond motifs is 4. The van der Waals surface area contributed by atoms with Crippen molar-refractivity contribution in [3.05, 3.63) is 75.8 Å². The van der Waals surface area contributed by atoms with Gasteiger partial charge in [0, 0.05) is 29.2 Å². The number of nitrogens with zero attached hydrogens (tertiary/aromatic N) is 1. The van der Waals surface area contributed by atoms with Crippen LogP contribution in [0.2, 0.25) is 5.02 Å². The van der Waals surface area contributed by atoms with Gasteiger partial charge in [0.1, 0.15) is 6.73 Å². The highest BCUT2D eigenvalue weighted by atomic mass is 35.5. The minimum atomic E-state index is -3.58. The summed E-state index contributed by atoms with van der Waals surface area (Å²) in [5.41, 5.74) is 6.57. The summed E-state index contributed by atoms with van der Waals surface area (Å²) >= 11 is 6.46. The first-order valence-electron chi connectivity index (χ1n) is 17.1. The van der Waals surface area contributed by atoms with Crippen LogP contribution in [-0.4, -0.2) is 44.7 Å². The zero-order chi connectivity index (χ0) is 31.8. The Balaban J connectivity index is 1.32. The van der Waals surface area contributed by atoms with Crippen molar-refractivity contribution >= 4 is 27.3 Å². The summed E-state index contributed by atoms with van der Waals surface area (Å²) in [5, 5.41) is 11.6. The van der Waals surface area contributed by atoms with Gasteiger partial charge in [-0.15, -0.1) is 0 Å². The molecule has 1 saturated carbocycles. The summed E-state index contributed by atoms with van der Waals surface area (Å²) < 4.78 is 35.6. The molecular weight excluding hydrogens is 604 g/mol. The smallest absolute Gasteiger partial charge is 0.216 e. The standard InChI is InChI=1S/C37H51ClN2O4S/c1-25(2)18-36-26(3)6-4-8-35(41)32-13-11-30(32)21-40-23-37(16-5-7-29-20-31(38)12-14-33(29)37)17-15-28-10-9-27(19-34(28)40)22-44-24-39-45(36,42)43/h4,8-10,12,14,19-20,25-26,30,32,35-36,39,41H,5-7,11,13,15-18,21-24H2,1-3H3/b8-4+/t26-,30-,32+,35-,36+,37+/m0/s1. The van der Waals surface area contributed by atoms with Crippen LogP contribution in [0.4, 0.5) is 5.69 Å². The lowest BCUT2D eigenvalue weighted by Crippen LogP contribution is -2.48. The molecule has 0 saturated heterocycles. The van der Waals surface area contributed by atoms with E-state index in [4.69, 9.17) is 16.3 Å². The highest BCUT2D eigenvalue weighted by Crippen LogP contribution is 2.47. The number of hydrogen-bond acceptors (Lipinski definition) is 5. The predicted molar refractivity (Wildman–Crippen MR) is 183 cm³/mol. The Bertz CT molecular complexity index is 1490. The van der Waals surface area contributed by atoms with Gasteiger partial charge in [-0.3, -0.25) is 0 Å². The lowest BCUT2D eigenvalue weighted by molar-refractivity contribution is 0.0456. The number of anilines is 1. The average molecular weight is 655 g/mol. The van der Waals surface area contributed by atoms with Crippen LogP contribution in [0.1, 0.15) is 88.0 Å². The topological polar surface area (TPSA) is 78.9 Å². The maximum Gasteiger partial charge on any atom is 0.216 e. The third kappa shape index (κ3) is 7.18. The van der Waals surface area contributed by atoms with E-state index in [0.29, 0.717) is 25.4 Å². The zero-order valence-electron chi connectivity index (χ0n) is 27.2. The molecule has 0 aromatic heterocycles. The van der Waals surface area contributed by atoms with Gasteiger partial charge in [-0.25, -0.2) is 8.42 Å². The van der Waals surface area contributed by atoms with Crippen molar-refractivity contribution in [1.29, 1.82) is 0 Å². The Morgan fingerprint density at radius 2 is 1.96 bits per heavy atom. The highest BCUT2D eigenvalue weighted by molar-refractivity contribution is 7.90. The van der Waals surface area contributed by atoms with Crippen LogP contribution in [-0.2, 0) is 39.6 Å². The van der Waals surface area contributed by atoms with E-state index >= 15 is 0 Å². The summed E-state index contributed by atoms with van der Waals surface area (Å²) in [6.45, 7) is 8.29. The molecule has 6 atom stereocenters. The van der Waals surface area contributed by atoms with Crippen LogP contribution in [0.3, 0.4) is 0 Å². The lowest BCUT2D eigenvalue weighted by atomic mass is 9.66. The Labute approximate surface area is 275 Å². The molecular formula is C37H51ClN2O4S. The fourth-order valence-corrected chi connectivity index (χ4v) is 10.6. The lowest BCUT2D eigenvalue weighted by Gasteiger charge is -2.46. The molecule has 1 spiro atoms. The van der Waals surface area contributed by atoms with Gasteiger partial charge in [-0.2, -0.15) is 4.72 Å². The number of aliphatic hydroxyl groups is 1. The summed E-state index contributed by atoms with van der Waals surface area (Å²) in [6.07, 6.45) is 12.3. The second-order valence-electron chi connectivity index (χ2n) is 14.8. The van der Waals surface area contributed by atoms with Gasteiger partial charge in [-0.1, -0.05) is 62.7 Å². The fraction of sp³-hybridized carbons (Fsp3) is 0.622. The molecule has 6 nitrogen and oxygen atoms in total. The third-order valence-corrected chi connectivity index (χ3v) is 13.4. The molecule has 2 aromatic carbocycles. The van der Waals surface area contributed by atoms with Gasteiger partial charge in [0.05, 0.1) is 18.0 Å². The van der Waals surface area contributed by atoms with Gasteiger partial charge in [-0.05, 0) is 122 Å². The Hall–Kier alpha value is -1.90. The summed E-state index contributed by atoms with van der Waals surface area (Å²) in [6, 6.07) is 13.2. The molecule has 0 radical (unpaired) electrons. The van der Waals surface area contributed by atoms with Crippen LogP contribution < -0.4 is 9.62 Å². The van der Waals surface area contributed by atoms with E-state index in [-0.39, 0.29) is 29.9 Å². The minimum Gasteiger partial charge on any atom is -0.389 e. The molecule has 45 heavy (non-hydrogen) atoms. The number of halogens is 1. The monoisotopic (exact) mass is 654 g/mol. The van der Waals surface area contributed by atoms with Gasteiger partial charge in [0.2, 0.25) is 10.0 Å². The Morgan fingerprint density at radius 3 is 2.73 bits per heavy atom. The number of allylic oxidation sites excluding steroid dienone is 1. The van der Waals surface area contributed by atoms with Gasteiger partial charge in [0.15, 0.2) is 0 Å². The van der Waals surface area contributed by atoms with Crippen molar-refractivity contribution < 1.29 is 18.3 Å². The van der Waals surface area contributed by atoms with Crippen LogP contribution in [0.15, 0.2) is 48.6 Å². The van der Waals surface area contributed by atoms with E-state index in [2.05, 4.69) is 59.9 Å². The molecule has 4 aliphatic rings. The molecule has 2 aliphatic carbocycles. The number of ether oxygens (including phenoxy) is 1. The first-order chi connectivity index (χ1) is 21.5. The quantitative estimate of drug-likeness (QED) is 0.336. The second-order valence-corrected chi connectivity index (χ2v) is 17.2. The second kappa shape index (κ2) is 13.7. The SMILES string of the molecule is CC(C)C[C@@H]1[C@@H](C)C/C=C/[C@H](O)[C@@H]2CC[C@H]2CN2C[C@@]3(CCCc4cc(Cl)ccc43)CCc3ccc(cc32)COCNS1(=O)=O. The number of aliphatic hydroxyl groups excluding tert-OH is 1. The van der Waals surface area contributed by atoms with Crippen molar-refractivity contribution in [3.8, 4) is 0 Å². The summed E-state index contributed by atoms with van der Waals surface area (Å²) in [7, 11) is -3.58. The molecule has 1 fully saturated rings. The zero-order valence-corrected chi connectivity index (χ0v) is 28.8. The van der Waals surface area contributed by atoms with Crippen molar-refractivity contribution in [3.63, 3.8) is 0 Å². The fourth-order valence-electron chi connectivity index (χ4n) is 8.54. The van der Waals surface area contributed by atoms with Gasteiger partial charge >= 0.3 is 0 Å². The molecule has 8 heteroatoms. The van der Waals surface area contributed by atoms with Crippen LogP contribution >= 0.6 is 11.6 Å². The molecule has 2 aliphatic heterocycles. The third-order valence-electron chi connectivity index (χ3n) is 11.2. The van der Waals surface area contributed by atoms with Crippen molar-refractivity contribution in [1.82, 2.24) is 4.72 Å². The van der Waals surface area contributed by atoms with Gasteiger partial charge in [0.25, 0.3) is 0 Å². The molecule has 0 unspecified atom stereocenters. The maximum absolute atomic E-state index is 13.4. The maximum atomic E-state index is 13.4. The first-order valence-corrected chi connectivity index (χ1v) is 19.0. The normalized spacial score (nSPS) is 32.8. The number of nitrogens with one attached hydrogen (secondary N) is 1. The molecule has 246 valence electrons. The van der Waals surface area contributed by atoms with E-state index in [1.807, 2.05) is 19.1 Å². The number of rotatable bonds is 2. The van der Waals surface area contributed by atoms with Crippen molar-refractivity contribution in [2.45, 2.75) is 102 Å². The highest BCUT2D eigenvalue weighted by Gasteiger charge is 2.43. The Morgan fingerprint density at radius 1 is 1.11 bits per heavy atom. The average Bonchev–Trinajstić information content (AvgIpc) is 3.12. The predicted octanol–water partition coefficient (Wildman–Crippen LogP) is 7.16. The first kappa shape index (κ1) is 33.0. The number of benzene rings is 2. The molecule has 2 heterocycles. The van der Waals surface area contributed by atoms with Crippen LogP contribution in [0, 0.1) is 23.7 Å². The van der Waals surface area contributed by atoms with E-state index in [1.165, 1.54) is 28.8 Å². The minimum absolute atomic E-state index is 0.0504. The number of hydrogen-bond donors (Lipinski definition) is 2. The Kier molecular flexibility index (Phi) is 10.0. The molecule has 0 amide bonds. The summed E-state index contributed by atoms with van der Waals surface area (Å²) in [5.74, 6) is 0.773. The molecule has 2 aromatic rings. The number of sulfonamides is 1. The van der Waals surface area contributed by atoms with Crippen LogP contribution in [0.25, 0.3) is 0 Å². The van der Waals surface area contributed by atoms with Crippen molar-refractivity contribution in [2.75, 3.05) is 24.7 Å². The largest absolute Gasteiger partial charge is 0.389 e. The van der Waals surface area contributed by atoms with E-state index < -0.39 is 21.4 Å². The van der Waals surface area contributed by atoms with Gasteiger partial charge < -0.3 is 14.7 Å². The van der Waals surface area contributed by atoms with E-state index in [9.17, 15) is 13.5 Å². The van der Waals surface area contributed by atoms with E-state index in [0.717, 1.165) is 62.2 Å². The molecule has 2 bridgehead atoms. The van der Waals surface area contributed by atoms with Crippen LogP contribution in [0.5, 0.6) is 0 Å². The molecule has 6 rings (SSSR count).